The van der Waals surface area contributed by atoms with Crippen LogP contribution in [0, 0.1) is 0 Å². The van der Waals surface area contributed by atoms with Gasteiger partial charge in [-0.3, -0.25) is 4.79 Å². The number of piperidine rings is 1. The zero-order valence-electron chi connectivity index (χ0n) is 12.1. The molecule has 0 bridgehead atoms. The van der Waals surface area contributed by atoms with E-state index < -0.39 is 0 Å². The van der Waals surface area contributed by atoms with E-state index in [-0.39, 0.29) is 24.6 Å². The minimum absolute atomic E-state index is 0.0810. The third-order valence-corrected chi connectivity index (χ3v) is 3.84. The summed E-state index contributed by atoms with van der Waals surface area (Å²) in [5, 5.41) is 0. The van der Waals surface area contributed by atoms with Crippen molar-refractivity contribution in [3.63, 3.8) is 0 Å². The maximum atomic E-state index is 12.1. The van der Waals surface area contributed by atoms with Crippen molar-refractivity contribution < 1.29 is 9.53 Å². The van der Waals surface area contributed by atoms with Crippen LogP contribution in [-0.2, 0) is 16.0 Å². The minimum atomic E-state index is 0.0810. The van der Waals surface area contributed by atoms with Crippen molar-refractivity contribution in [2.75, 3.05) is 19.8 Å². The Labute approximate surface area is 120 Å². The Morgan fingerprint density at radius 3 is 2.85 bits per heavy atom. The van der Waals surface area contributed by atoms with Gasteiger partial charge in [0.2, 0.25) is 5.91 Å². The smallest absolute Gasteiger partial charge is 0.248 e. The van der Waals surface area contributed by atoms with E-state index in [0.29, 0.717) is 6.61 Å². The van der Waals surface area contributed by atoms with Crippen LogP contribution in [0.1, 0.15) is 25.3 Å². The second-order valence-electron chi connectivity index (χ2n) is 5.51. The number of nitrogens with zero attached hydrogens (tertiary/aromatic N) is 1. The van der Waals surface area contributed by atoms with Crippen LogP contribution in [0.3, 0.4) is 0 Å². The van der Waals surface area contributed by atoms with Gasteiger partial charge in [0, 0.05) is 18.6 Å². The standard InChI is InChI=1S/C16H24N2O2/c1-13-11-15(17)7-9-18(13)16(19)12-20-10-8-14-5-3-2-4-6-14/h2-6,13,15H,7-12,17H2,1H3/t13-,15-/m0/s1. The van der Waals surface area contributed by atoms with E-state index in [1.807, 2.05) is 23.1 Å². The van der Waals surface area contributed by atoms with Crippen molar-refractivity contribution in [3.05, 3.63) is 35.9 Å². The Morgan fingerprint density at radius 1 is 1.40 bits per heavy atom. The molecule has 2 N–H and O–H groups in total. The summed E-state index contributed by atoms with van der Waals surface area (Å²) in [5.41, 5.74) is 7.14. The number of hydrogen-bond acceptors (Lipinski definition) is 3. The first-order valence-corrected chi connectivity index (χ1v) is 7.33. The first kappa shape index (κ1) is 15.0. The normalized spacial score (nSPS) is 22.8. The number of hydrogen-bond donors (Lipinski definition) is 1. The van der Waals surface area contributed by atoms with Gasteiger partial charge in [0.05, 0.1) is 6.61 Å². The zero-order valence-corrected chi connectivity index (χ0v) is 12.1. The van der Waals surface area contributed by atoms with E-state index in [0.717, 1.165) is 25.8 Å². The lowest BCUT2D eigenvalue weighted by Gasteiger charge is -2.36. The van der Waals surface area contributed by atoms with Gasteiger partial charge in [-0.25, -0.2) is 0 Å². The average molecular weight is 276 g/mol. The molecule has 0 unspecified atom stereocenters. The molecular weight excluding hydrogens is 252 g/mol. The van der Waals surface area contributed by atoms with Crippen molar-refractivity contribution in [3.8, 4) is 0 Å². The molecule has 1 fully saturated rings. The monoisotopic (exact) mass is 276 g/mol. The summed E-state index contributed by atoms with van der Waals surface area (Å²) in [5.74, 6) is 0.0810. The number of likely N-dealkylation sites (tertiary alicyclic amines) is 1. The molecule has 2 rings (SSSR count). The topological polar surface area (TPSA) is 55.6 Å². The molecule has 0 radical (unpaired) electrons. The number of amides is 1. The van der Waals surface area contributed by atoms with Gasteiger partial charge < -0.3 is 15.4 Å². The summed E-state index contributed by atoms with van der Waals surface area (Å²) in [6.45, 7) is 3.56. The van der Waals surface area contributed by atoms with E-state index in [1.165, 1.54) is 5.56 Å². The second kappa shape index (κ2) is 7.41. The summed E-state index contributed by atoms with van der Waals surface area (Å²) in [4.78, 5) is 14.0. The molecule has 0 spiro atoms. The fourth-order valence-electron chi connectivity index (χ4n) is 2.66. The van der Waals surface area contributed by atoms with Crippen molar-refractivity contribution in [1.29, 1.82) is 0 Å². The van der Waals surface area contributed by atoms with E-state index in [2.05, 4.69) is 19.1 Å². The predicted molar refractivity (Wildman–Crippen MR) is 79.3 cm³/mol. The van der Waals surface area contributed by atoms with Gasteiger partial charge in [-0.05, 0) is 31.7 Å². The van der Waals surface area contributed by atoms with Crippen molar-refractivity contribution in [2.45, 2.75) is 38.3 Å². The highest BCUT2D eigenvalue weighted by Crippen LogP contribution is 2.15. The van der Waals surface area contributed by atoms with Gasteiger partial charge in [-0.1, -0.05) is 30.3 Å². The van der Waals surface area contributed by atoms with Gasteiger partial charge in [0.1, 0.15) is 6.61 Å². The molecule has 20 heavy (non-hydrogen) atoms. The molecule has 1 aliphatic heterocycles. The minimum Gasteiger partial charge on any atom is -0.371 e. The fourth-order valence-corrected chi connectivity index (χ4v) is 2.66. The lowest BCUT2D eigenvalue weighted by Crippen LogP contribution is -2.49. The molecule has 2 atom stereocenters. The summed E-state index contributed by atoms with van der Waals surface area (Å²) < 4.78 is 5.51. The quantitative estimate of drug-likeness (QED) is 0.831. The van der Waals surface area contributed by atoms with Gasteiger partial charge in [-0.2, -0.15) is 0 Å². The second-order valence-corrected chi connectivity index (χ2v) is 5.51. The first-order chi connectivity index (χ1) is 9.66. The highest BCUT2D eigenvalue weighted by Gasteiger charge is 2.26. The highest BCUT2D eigenvalue weighted by atomic mass is 16.5. The Balaban J connectivity index is 1.67. The molecule has 1 aromatic rings. The number of nitrogens with two attached hydrogens (primary N) is 1. The number of benzene rings is 1. The maximum absolute atomic E-state index is 12.1. The molecule has 110 valence electrons. The van der Waals surface area contributed by atoms with E-state index in [4.69, 9.17) is 10.5 Å². The molecule has 4 heteroatoms. The van der Waals surface area contributed by atoms with Crippen LogP contribution in [0.4, 0.5) is 0 Å². The van der Waals surface area contributed by atoms with E-state index in [1.54, 1.807) is 0 Å². The number of rotatable bonds is 5. The summed E-state index contributed by atoms with van der Waals surface area (Å²) in [6, 6.07) is 10.6. The molecular formula is C16H24N2O2. The third-order valence-electron chi connectivity index (χ3n) is 3.84. The van der Waals surface area contributed by atoms with Gasteiger partial charge in [-0.15, -0.1) is 0 Å². The molecule has 1 aromatic carbocycles. The van der Waals surface area contributed by atoms with Gasteiger partial charge in [0.15, 0.2) is 0 Å². The highest BCUT2D eigenvalue weighted by molar-refractivity contribution is 5.77. The summed E-state index contributed by atoms with van der Waals surface area (Å²) in [7, 11) is 0. The maximum Gasteiger partial charge on any atom is 0.248 e. The summed E-state index contributed by atoms with van der Waals surface area (Å²) in [6.07, 6.45) is 2.62. The molecule has 0 saturated carbocycles. The average Bonchev–Trinajstić information content (AvgIpc) is 2.44. The Bertz CT molecular complexity index is 422. The summed E-state index contributed by atoms with van der Waals surface area (Å²) >= 11 is 0. The van der Waals surface area contributed by atoms with E-state index >= 15 is 0 Å². The molecule has 0 aromatic heterocycles. The fraction of sp³-hybridized carbons (Fsp3) is 0.562. The number of ether oxygens (including phenoxy) is 1. The Morgan fingerprint density at radius 2 is 2.15 bits per heavy atom. The van der Waals surface area contributed by atoms with Crippen LogP contribution >= 0.6 is 0 Å². The van der Waals surface area contributed by atoms with Crippen LogP contribution < -0.4 is 5.73 Å². The van der Waals surface area contributed by atoms with Crippen LogP contribution in [0.5, 0.6) is 0 Å². The molecule has 0 aliphatic carbocycles. The van der Waals surface area contributed by atoms with Crippen LogP contribution in [0.15, 0.2) is 30.3 Å². The SMILES string of the molecule is C[C@H]1C[C@@H](N)CCN1C(=O)COCCc1ccccc1. The lowest BCUT2D eigenvalue weighted by molar-refractivity contribution is -0.139. The molecule has 4 nitrogen and oxygen atoms in total. The molecule has 1 saturated heterocycles. The third kappa shape index (κ3) is 4.32. The molecule has 1 amide bonds. The Kier molecular flexibility index (Phi) is 5.56. The van der Waals surface area contributed by atoms with E-state index in [9.17, 15) is 4.79 Å². The van der Waals surface area contributed by atoms with Crippen molar-refractivity contribution >= 4 is 5.91 Å². The zero-order chi connectivity index (χ0) is 14.4. The number of carbonyl (C=O) groups is 1. The predicted octanol–water partition coefficient (Wildman–Crippen LogP) is 1.58. The lowest BCUT2D eigenvalue weighted by atomic mass is 9.99. The molecule has 1 heterocycles. The van der Waals surface area contributed by atoms with Crippen LogP contribution in [-0.4, -0.2) is 42.6 Å². The Hall–Kier alpha value is -1.39. The van der Waals surface area contributed by atoms with Crippen LogP contribution in [0.2, 0.25) is 0 Å². The number of carbonyl (C=O) groups excluding carboxylic acids is 1. The van der Waals surface area contributed by atoms with Crippen molar-refractivity contribution in [2.24, 2.45) is 5.73 Å². The van der Waals surface area contributed by atoms with Crippen LogP contribution in [0.25, 0.3) is 0 Å². The van der Waals surface area contributed by atoms with Crippen molar-refractivity contribution in [1.82, 2.24) is 4.90 Å². The largest absolute Gasteiger partial charge is 0.371 e. The first-order valence-electron chi connectivity index (χ1n) is 7.33. The van der Waals surface area contributed by atoms with Gasteiger partial charge in [0.25, 0.3) is 0 Å². The molecule has 1 aliphatic rings. The van der Waals surface area contributed by atoms with Gasteiger partial charge >= 0.3 is 0 Å².